The van der Waals surface area contributed by atoms with Crippen LogP contribution in [0, 0.1) is 12.7 Å². The molecule has 1 N–H and O–H groups in total. The van der Waals surface area contributed by atoms with Crippen molar-refractivity contribution < 1.29 is 9.50 Å². The highest BCUT2D eigenvalue weighted by Gasteiger charge is 2.03. The van der Waals surface area contributed by atoms with Gasteiger partial charge in [-0.1, -0.05) is 11.6 Å². The van der Waals surface area contributed by atoms with E-state index in [9.17, 15) is 4.39 Å². The van der Waals surface area contributed by atoms with Gasteiger partial charge in [-0.2, -0.15) is 0 Å². The molecule has 1 rings (SSSR count). The molecule has 0 atom stereocenters. The third kappa shape index (κ3) is 1.70. The fourth-order valence-electron chi connectivity index (χ4n) is 0.838. The Hall–Kier alpha value is -0.600. The van der Waals surface area contributed by atoms with E-state index in [2.05, 4.69) is 0 Å². The van der Waals surface area contributed by atoms with Gasteiger partial charge in [0.05, 0.1) is 6.61 Å². The molecule has 0 bridgehead atoms. The molecule has 1 aromatic rings. The van der Waals surface area contributed by atoms with Gasteiger partial charge in [0.2, 0.25) is 0 Å². The van der Waals surface area contributed by atoms with Crippen molar-refractivity contribution in [2.75, 3.05) is 0 Å². The zero-order valence-corrected chi connectivity index (χ0v) is 6.82. The summed E-state index contributed by atoms with van der Waals surface area (Å²) in [5.41, 5.74) is 1.06. The molecular weight excluding hydrogens is 167 g/mol. The highest BCUT2D eigenvalue weighted by atomic mass is 35.5. The SMILES string of the molecule is Cc1cc(CO)c(F)cc1Cl. The summed E-state index contributed by atoms with van der Waals surface area (Å²) in [6.45, 7) is 1.48. The Bertz CT molecular complexity index is 273. The average molecular weight is 175 g/mol. The van der Waals surface area contributed by atoms with Crippen LogP contribution in [0.15, 0.2) is 12.1 Å². The van der Waals surface area contributed by atoms with Crippen molar-refractivity contribution in [1.29, 1.82) is 0 Å². The molecule has 11 heavy (non-hydrogen) atoms. The fraction of sp³-hybridized carbons (Fsp3) is 0.250. The number of rotatable bonds is 1. The second-order valence-electron chi connectivity index (χ2n) is 2.35. The van der Waals surface area contributed by atoms with Gasteiger partial charge in [0.25, 0.3) is 0 Å². The number of aliphatic hydroxyl groups is 1. The van der Waals surface area contributed by atoms with Gasteiger partial charge in [0.1, 0.15) is 5.82 Å². The van der Waals surface area contributed by atoms with Crippen LogP contribution in [-0.2, 0) is 6.61 Å². The fourth-order valence-corrected chi connectivity index (χ4v) is 0.989. The Balaban J connectivity index is 3.21. The molecule has 0 saturated carbocycles. The number of halogens is 2. The van der Waals surface area contributed by atoms with Crippen molar-refractivity contribution >= 4 is 11.6 Å². The van der Waals surface area contributed by atoms with Crippen LogP contribution >= 0.6 is 11.6 Å². The minimum atomic E-state index is -0.455. The van der Waals surface area contributed by atoms with Gasteiger partial charge >= 0.3 is 0 Å². The lowest BCUT2D eigenvalue weighted by atomic mass is 10.1. The average Bonchev–Trinajstić information content (AvgIpc) is 1.97. The molecule has 0 spiro atoms. The smallest absolute Gasteiger partial charge is 0.130 e. The highest BCUT2D eigenvalue weighted by Crippen LogP contribution is 2.19. The highest BCUT2D eigenvalue weighted by molar-refractivity contribution is 6.31. The van der Waals surface area contributed by atoms with Crippen LogP contribution in [0.2, 0.25) is 5.02 Å². The Morgan fingerprint density at radius 2 is 2.18 bits per heavy atom. The predicted octanol–water partition coefficient (Wildman–Crippen LogP) is 2.28. The molecule has 0 aromatic heterocycles. The quantitative estimate of drug-likeness (QED) is 0.693. The largest absolute Gasteiger partial charge is 0.392 e. The van der Waals surface area contributed by atoms with Crippen LogP contribution < -0.4 is 0 Å². The van der Waals surface area contributed by atoms with Gasteiger partial charge in [-0.05, 0) is 24.6 Å². The molecule has 3 heteroatoms. The maximum absolute atomic E-state index is 12.8. The monoisotopic (exact) mass is 174 g/mol. The Kier molecular flexibility index (Phi) is 2.47. The van der Waals surface area contributed by atoms with Gasteiger partial charge in [-0.3, -0.25) is 0 Å². The third-order valence-electron chi connectivity index (χ3n) is 1.50. The molecule has 1 aromatic carbocycles. The summed E-state index contributed by atoms with van der Waals surface area (Å²) >= 11 is 5.62. The Labute approximate surface area is 69.4 Å². The first-order valence-electron chi connectivity index (χ1n) is 3.20. The topological polar surface area (TPSA) is 20.2 Å². The van der Waals surface area contributed by atoms with Gasteiger partial charge in [-0.15, -0.1) is 0 Å². The van der Waals surface area contributed by atoms with E-state index in [1.807, 2.05) is 0 Å². The van der Waals surface area contributed by atoms with Crippen LogP contribution in [0.4, 0.5) is 4.39 Å². The van der Waals surface area contributed by atoms with E-state index in [4.69, 9.17) is 16.7 Å². The predicted molar refractivity (Wildman–Crippen MR) is 42.1 cm³/mol. The van der Waals surface area contributed by atoms with Gasteiger partial charge in [-0.25, -0.2) is 4.39 Å². The number of hydrogen-bond donors (Lipinski definition) is 1. The molecule has 0 amide bonds. The first kappa shape index (κ1) is 8.50. The minimum absolute atomic E-state index is 0.284. The van der Waals surface area contributed by atoms with E-state index >= 15 is 0 Å². The van der Waals surface area contributed by atoms with Crippen molar-refractivity contribution in [3.8, 4) is 0 Å². The lowest BCUT2D eigenvalue weighted by Gasteiger charge is -2.02. The summed E-state index contributed by atoms with van der Waals surface area (Å²) in [4.78, 5) is 0. The van der Waals surface area contributed by atoms with Crippen molar-refractivity contribution in [1.82, 2.24) is 0 Å². The number of benzene rings is 1. The molecular formula is C8H8ClFO. The Morgan fingerprint density at radius 1 is 1.55 bits per heavy atom. The lowest BCUT2D eigenvalue weighted by molar-refractivity contribution is 0.275. The molecule has 0 heterocycles. The van der Waals surface area contributed by atoms with E-state index in [1.165, 1.54) is 12.1 Å². The zero-order chi connectivity index (χ0) is 8.43. The first-order valence-corrected chi connectivity index (χ1v) is 3.58. The van der Waals surface area contributed by atoms with Crippen LogP contribution in [-0.4, -0.2) is 5.11 Å². The van der Waals surface area contributed by atoms with E-state index in [0.29, 0.717) is 5.02 Å². The number of aryl methyl sites for hydroxylation is 1. The molecule has 0 aliphatic heterocycles. The molecule has 0 saturated heterocycles. The minimum Gasteiger partial charge on any atom is -0.392 e. The third-order valence-corrected chi connectivity index (χ3v) is 1.91. The van der Waals surface area contributed by atoms with Crippen LogP contribution in [0.5, 0.6) is 0 Å². The summed E-state index contributed by atoms with van der Waals surface area (Å²) in [5.74, 6) is -0.455. The number of aliphatic hydroxyl groups excluding tert-OH is 1. The van der Waals surface area contributed by atoms with E-state index in [1.54, 1.807) is 6.92 Å². The maximum atomic E-state index is 12.8. The standard InChI is InChI=1S/C8H8ClFO/c1-5-2-6(4-11)8(10)3-7(5)9/h2-3,11H,4H2,1H3. The molecule has 1 nitrogen and oxygen atoms in total. The first-order chi connectivity index (χ1) is 5.15. The summed E-state index contributed by atoms with van der Waals surface area (Å²) < 4.78 is 12.8. The molecule has 0 fully saturated rings. The van der Waals surface area contributed by atoms with E-state index in [0.717, 1.165) is 5.56 Å². The Morgan fingerprint density at radius 3 is 2.73 bits per heavy atom. The molecule has 0 unspecified atom stereocenters. The second kappa shape index (κ2) is 3.20. The molecule has 60 valence electrons. The second-order valence-corrected chi connectivity index (χ2v) is 2.76. The van der Waals surface area contributed by atoms with E-state index in [-0.39, 0.29) is 12.2 Å². The zero-order valence-electron chi connectivity index (χ0n) is 6.06. The van der Waals surface area contributed by atoms with Gasteiger partial charge < -0.3 is 5.11 Å². The summed E-state index contributed by atoms with van der Waals surface area (Å²) in [6.07, 6.45) is 0. The van der Waals surface area contributed by atoms with E-state index < -0.39 is 5.82 Å². The van der Waals surface area contributed by atoms with Crippen LogP contribution in [0.25, 0.3) is 0 Å². The summed E-state index contributed by atoms with van der Waals surface area (Å²) in [5, 5.41) is 9.04. The molecule has 0 aliphatic rings. The normalized spacial score (nSPS) is 10.2. The van der Waals surface area contributed by atoms with Crippen molar-refractivity contribution in [3.63, 3.8) is 0 Å². The van der Waals surface area contributed by atoms with Crippen molar-refractivity contribution in [3.05, 3.63) is 34.1 Å². The summed E-state index contributed by atoms with van der Waals surface area (Å²) in [7, 11) is 0. The molecule has 0 aliphatic carbocycles. The summed E-state index contributed by atoms with van der Waals surface area (Å²) in [6, 6.07) is 2.75. The van der Waals surface area contributed by atoms with Crippen molar-refractivity contribution in [2.45, 2.75) is 13.5 Å². The lowest BCUT2D eigenvalue weighted by Crippen LogP contribution is -1.90. The molecule has 0 radical (unpaired) electrons. The number of hydrogen-bond acceptors (Lipinski definition) is 1. The van der Waals surface area contributed by atoms with Gasteiger partial charge in [0, 0.05) is 10.6 Å². The van der Waals surface area contributed by atoms with Gasteiger partial charge in [0.15, 0.2) is 0 Å². The van der Waals surface area contributed by atoms with Crippen LogP contribution in [0.3, 0.4) is 0 Å². The van der Waals surface area contributed by atoms with Crippen LogP contribution in [0.1, 0.15) is 11.1 Å². The maximum Gasteiger partial charge on any atom is 0.130 e. The van der Waals surface area contributed by atoms with Crippen molar-refractivity contribution in [2.24, 2.45) is 0 Å².